The molecule has 0 spiro atoms. The molecular weight excluding hydrogens is 260 g/mol. The van der Waals surface area contributed by atoms with Crippen molar-refractivity contribution in [1.29, 1.82) is 5.41 Å². The van der Waals surface area contributed by atoms with E-state index in [1.54, 1.807) is 18.2 Å². The van der Waals surface area contributed by atoms with E-state index in [4.69, 9.17) is 27.5 Å². The monoisotopic (exact) mass is 274 g/mol. The predicted molar refractivity (Wildman–Crippen MR) is 78.0 cm³/mol. The maximum atomic E-state index is 7.34. The summed E-state index contributed by atoms with van der Waals surface area (Å²) in [5.41, 5.74) is 8.27. The topological polar surface area (TPSA) is 59.1 Å². The van der Waals surface area contributed by atoms with Crippen LogP contribution in [0.2, 0.25) is 5.02 Å². The van der Waals surface area contributed by atoms with Gasteiger partial charge in [-0.25, -0.2) is 0 Å². The lowest BCUT2D eigenvalue weighted by molar-refractivity contribution is 0.306. The smallest absolute Gasteiger partial charge is 0.138 e. The van der Waals surface area contributed by atoms with Crippen LogP contribution >= 0.6 is 11.6 Å². The van der Waals surface area contributed by atoms with Crippen molar-refractivity contribution in [2.75, 3.05) is 0 Å². The second-order valence-corrected chi connectivity index (χ2v) is 4.74. The van der Waals surface area contributed by atoms with E-state index in [2.05, 4.69) is 6.07 Å². The molecule has 0 saturated heterocycles. The second-order valence-electron chi connectivity index (χ2n) is 4.34. The zero-order chi connectivity index (χ0) is 13.8. The molecule has 0 saturated carbocycles. The minimum absolute atomic E-state index is 0.00728. The maximum Gasteiger partial charge on any atom is 0.138 e. The molecule has 2 aromatic rings. The van der Waals surface area contributed by atoms with Crippen LogP contribution in [0, 0.1) is 12.3 Å². The van der Waals surface area contributed by atoms with E-state index in [-0.39, 0.29) is 5.84 Å². The van der Waals surface area contributed by atoms with Gasteiger partial charge in [0, 0.05) is 5.56 Å². The van der Waals surface area contributed by atoms with Gasteiger partial charge < -0.3 is 10.5 Å². The Labute approximate surface area is 117 Å². The van der Waals surface area contributed by atoms with Gasteiger partial charge in [0.15, 0.2) is 0 Å². The lowest BCUT2D eigenvalue weighted by Gasteiger charge is -2.09. The van der Waals surface area contributed by atoms with Crippen LogP contribution < -0.4 is 10.5 Å². The fraction of sp³-hybridized carbons (Fsp3) is 0.133. The van der Waals surface area contributed by atoms with Gasteiger partial charge in [0.25, 0.3) is 0 Å². The summed E-state index contributed by atoms with van der Waals surface area (Å²) < 4.78 is 5.67. The van der Waals surface area contributed by atoms with E-state index >= 15 is 0 Å². The Hall–Kier alpha value is -2.00. The fourth-order valence-electron chi connectivity index (χ4n) is 1.75. The molecule has 0 amide bonds. The second kappa shape index (κ2) is 5.76. The van der Waals surface area contributed by atoms with Gasteiger partial charge in [-0.15, -0.1) is 0 Å². The number of halogens is 1. The first kappa shape index (κ1) is 13.4. The van der Waals surface area contributed by atoms with Gasteiger partial charge in [0.1, 0.15) is 18.2 Å². The Morgan fingerprint density at radius 1 is 1.26 bits per heavy atom. The van der Waals surface area contributed by atoms with Crippen molar-refractivity contribution < 1.29 is 4.74 Å². The van der Waals surface area contributed by atoms with Crippen molar-refractivity contribution in [2.24, 2.45) is 5.73 Å². The van der Waals surface area contributed by atoms with Crippen LogP contribution in [-0.2, 0) is 6.61 Å². The van der Waals surface area contributed by atoms with E-state index < -0.39 is 0 Å². The average Bonchev–Trinajstić information content (AvgIpc) is 2.37. The van der Waals surface area contributed by atoms with Crippen LogP contribution in [0.5, 0.6) is 5.75 Å². The lowest BCUT2D eigenvalue weighted by atomic mass is 10.1. The molecule has 2 aromatic carbocycles. The largest absolute Gasteiger partial charge is 0.487 e. The predicted octanol–water partition coefficient (Wildman–Crippen LogP) is 3.51. The number of ether oxygens (including phenoxy) is 1. The number of hydrogen-bond donors (Lipinski definition) is 2. The zero-order valence-corrected chi connectivity index (χ0v) is 11.4. The Morgan fingerprint density at radius 2 is 2.05 bits per heavy atom. The summed E-state index contributed by atoms with van der Waals surface area (Å²) >= 11 is 6.09. The molecule has 0 atom stereocenters. The molecule has 3 nitrogen and oxygen atoms in total. The third kappa shape index (κ3) is 3.48. The third-order valence-corrected chi connectivity index (χ3v) is 3.02. The summed E-state index contributed by atoms with van der Waals surface area (Å²) in [7, 11) is 0. The van der Waals surface area contributed by atoms with Gasteiger partial charge in [0.05, 0.1) is 5.02 Å². The van der Waals surface area contributed by atoms with Crippen LogP contribution in [0.15, 0.2) is 42.5 Å². The quantitative estimate of drug-likeness (QED) is 0.662. The molecule has 0 unspecified atom stereocenters. The van der Waals surface area contributed by atoms with Gasteiger partial charge in [-0.3, -0.25) is 5.41 Å². The van der Waals surface area contributed by atoms with E-state index in [0.29, 0.717) is 22.9 Å². The number of amidine groups is 1. The van der Waals surface area contributed by atoms with Gasteiger partial charge in [-0.05, 0) is 30.7 Å². The van der Waals surface area contributed by atoms with Crippen molar-refractivity contribution in [3.8, 4) is 5.75 Å². The molecule has 4 heteroatoms. The third-order valence-electron chi connectivity index (χ3n) is 2.72. The van der Waals surface area contributed by atoms with Crippen molar-refractivity contribution in [2.45, 2.75) is 13.5 Å². The molecule has 0 heterocycles. The zero-order valence-electron chi connectivity index (χ0n) is 10.6. The molecule has 0 aliphatic heterocycles. The van der Waals surface area contributed by atoms with Crippen LogP contribution in [-0.4, -0.2) is 5.84 Å². The van der Waals surface area contributed by atoms with Gasteiger partial charge in [-0.1, -0.05) is 41.4 Å². The molecule has 98 valence electrons. The standard InChI is InChI=1S/C15H15ClN2O/c1-10-3-2-4-11(7-10)9-19-14-6-5-12(15(17)18)8-13(14)16/h2-8H,9H2,1H3,(H3,17,18). The van der Waals surface area contributed by atoms with Crippen LogP contribution in [0.25, 0.3) is 0 Å². The number of rotatable bonds is 4. The van der Waals surface area contributed by atoms with E-state index in [1.165, 1.54) is 5.56 Å². The number of benzene rings is 2. The summed E-state index contributed by atoms with van der Waals surface area (Å²) in [6.45, 7) is 2.50. The summed E-state index contributed by atoms with van der Waals surface area (Å²) in [4.78, 5) is 0. The maximum absolute atomic E-state index is 7.34. The Morgan fingerprint density at radius 3 is 2.68 bits per heavy atom. The molecule has 19 heavy (non-hydrogen) atoms. The van der Waals surface area contributed by atoms with Crippen molar-refractivity contribution in [3.05, 3.63) is 64.2 Å². The fourth-order valence-corrected chi connectivity index (χ4v) is 1.98. The molecule has 0 aliphatic carbocycles. The molecule has 0 bridgehead atoms. The van der Waals surface area contributed by atoms with Crippen LogP contribution in [0.3, 0.4) is 0 Å². The highest BCUT2D eigenvalue weighted by Gasteiger charge is 2.05. The summed E-state index contributed by atoms with van der Waals surface area (Å²) in [6.07, 6.45) is 0. The highest BCUT2D eigenvalue weighted by molar-refractivity contribution is 6.32. The molecular formula is C15H15ClN2O. The molecule has 0 fully saturated rings. The molecule has 2 rings (SSSR count). The highest BCUT2D eigenvalue weighted by Crippen LogP contribution is 2.26. The van der Waals surface area contributed by atoms with Crippen LogP contribution in [0.1, 0.15) is 16.7 Å². The number of nitrogen functional groups attached to an aromatic ring is 1. The summed E-state index contributed by atoms with van der Waals surface area (Å²) in [5.74, 6) is 0.584. The van der Waals surface area contributed by atoms with E-state index in [0.717, 1.165) is 5.56 Å². The highest BCUT2D eigenvalue weighted by atomic mass is 35.5. The summed E-state index contributed by atoms with van der Waals surface area (Å²) in [6, 6.07) is 13.2. The molecule has 0 radical (unpaired) electrons. The van der Waals surface area contributed by atoms with Gasteiger partial charge in [-0.2, -0.15) is 0 Å². The van der Waals surface area contributed by atoms with Crippen molar-refractivity contribution >= 4 is 17.4 Å². The summed E-state index contributed by atoms with van der Waals surface area (Å²) in [5, 5.41) is 7.80. The lowest BCUT2D eigenvalue weighted by Crippen LogP contribution is -2.10. The number of nitrogens with two attached hydrogens (primary N) is 1. The Kier molecular flexibility index (Phi) is 4.07. The molecule has 0 aromatic heterocycles. The molecule has 0 aliphatic rings. The molecule has 3 N–H and O–H groups in total. The van der Waals surface area contributed by atoms with Crippen molar-refractivity contribution in [3.63, 3.8) is 0 Å². The van der Waals surface area contributed by atoms with Gasteiger partial charge >= 0.3 is 0 Å². The van der Waals surface area contributed by atoms with Gasteiger partial charge in [0.2, 0.25) is 0 Å². The first-order valence-corrected chi connectivity index (χ1v) is 6.26. The van der Waals surface area contributed by atoms with E-state index in [9.17, 15) is 0 Å². The van der Waals surface area contributed by atoms with E-state index in [1.807, 2.05) is 25.1 Å². The normalized spacial score (nSPS) is 10.2. The average molecular weight is 275 g/mol. The Bertz CT molecular complexity index is 611. The Balaban J connectivity index is 2.10. The number of nitrogens with one attached hydrogen (secondary N) is 1. The minimum Gasteiger partial charge on any atom is -0.487 e. The number of hydrogen-bond acceptors (Lipinski definition) is 2. The number of aryl methyl sites for hydroxylation is 1. The SMILES string of the molecule is Cc1cccc(COc2ccc(C(=N)N)cc2Cl)c1. The van der Waals surface area contributed by atoms with Crippen LogP contribution in [0.4, 0.5) is 0 Å². The first-order valence-electron chi connectivity index (χ1n) is 5.88. The van der Waals surface area contributed by atoms with Crippen molar-refractivity contribution in [1.82, 2.24) is 0 Å². The minimum atomic E-state index is -0.00728. The first-order chi connectivity index (χ1) is 9.06.